The Morgan fingerprint density at radius 1 is 1.44 bits per heavy atom. The van der Waals surface area contributed by atoms with Crippen molar-refractivity contribution in [2.45, 2.75) is 25.7 Å². The van der Waals surface area contributed by atoms with Gasteiger partial charge in [0, 0.05) is 13.6 Å². The first kappa shape index (κ1) is 12.9. The number of benzene rings is 1. The number of halogens is 1. The molecule has 3 nitrogen and oxygen atoms in total. The van der Waals surface area contributed by atoms with Gasteiger partial charge in [0.1, 0.15) is 11.7 Å². The number of anilines is 1. The fourth-order valence-corrected chi connectivity index (χ4v) is 2.78. The Balaban J connectivity index is 2.20. The Morgan fingerprint density at radius 2 is 2.11 bits per heavy atom. The molecule has 0 unspecified atom stereocenters. The second-order valence-electron chi connectivity index (χ2n) is 5.08. The summed E-state index contributed by atoms with van der Waals surface area (Å²) in [5.74, 6) is 0.0534. The molecule has 0 heterocycles. The minimum Gasteiger partial charge on any atom is -0.384 e. The quantitative estimate of drug-likeness (QED) is 0.637. The van der Waals surface area contributed by atoms with Gasteiger partial charge in [-0.05, 0) is 30.9 Å². The largest absolute Gasteiger partial charge is 0.384 e. The van der Waals surface area contributed by atoms with Crippen LogP contribution in [0.3, 0.4) is 0 Å². The van der Waals surface area contributed by atoms with Gasteiger partial charge >= 0.3 is 0 Å². The SMILES string of the molecule is CN(CC1CCCC1)c1cccc(F)c1C(=N)N. The molecule has 4 heteroatoms. The summed E-state index contributed by atoms with van der Waals surface area (Å²) in [6, 6.07) is 4.85. The minimum atomic E-state index is -0.418. The average molecular weight is 249 g/mol. The Hall–Kier alpha value is -1.58. The number of hydrogen-bond donors (Lipinski definition) is 2. The number of rotatable bonds is 4. The smallest absolute Gasteiger partial charge is 0.136 e. The van der Waals surface area contributed by atoms with E-state index >= 15 is 0 Å². The molecule has 0 aliphatic heterocycles. The Bertz CT molecular complexity index is 439. The zero-order valence-electron chi connectivity index (χ0n) is 10.7. The highest BCUT2D eigenvalue weighted by molar-refractivity contribution is 6.00. The van der Waals surface area contributed by atoms with Crippen LogP contribution in [-0.4, -0.2) is 19.4 Å². The molecule has 18 heavy (non-hydrogen) atoms. The van der Waals surface area contributed by atoms with Crippen LogP contribution < -0.4 is 10.6 Å². The minimum absolute atomic E-state index is 0.207. The molecule has 1 aliphatic carbocycles. The average Bonchev–Trinajstić information content (AvgIpc) is 2.80. The van der Waals surface area contributed by atoms with Crippen molar-refractivity contribution in [1.29, 1.82) is 5.41 Å². The van der Waals surface area contributed by atoms with Crippen LogP contribution in [0.5, 0.6) is 0 Å². The van der Waals surface area contributed by atoms with Crippen LogP contribution in [0, 0.1) is 17.1 Å². The standard InChI is InChI=1S/C14H20FN3/c1-18(9-10-5-2-3-6-10)12-8-4-7-11(15)13(12)14(16)17/h4,7-8,10H,2-3,5-6,9H2,1H3,(H3,16,17). The van der Waals surface area contributed by atoms with Gasteiger partial charge in [0.05, 0.1) is 11.3 Å². The third-order valence-corrected chi connectivity index (χ3v) is 3.68. The molecule has 98 valence electrons. The van der Waals surface area contributed by atoms with Crippen molar-refractivity contribution >= 4 is 11.5 Å². The van der Waals surface area contributed by atoms with E-state index in [1.807, 2.05) is 18.0 Å². The lowest BCUT2D eigenvalue weighted by Gasteiger charge is -2.25. The van der Waals surface area contributed by atoms with E-state index in [1.54, 1.807) is 6.07 Å². The molecule has 1 saturated carbocycles. The summed E-state index contributed by atoms with van der Waals surface area (Å²) >= 11 is 0. The fourth-order valence-electron chi connectivity index (χ4n) is 2.78. The Kier molecular flexibility index (Phi) is 3.84. The number of nitrogens with two attached hydrogens (primary N) is 1. The summed E-state index contributed by atoms with van der Waals surface area (Å²) in [5.41, 5.74) is 6.42. The highest BCUT2D eigenvalue weighted by Gasteiger charge is 2.20. The maximum atomic E-state index is 13.7. The highest BCUT2D eigenvalue weighted by Crippen LogP contribution is 2.28. The molecule has 0 saturated heterocycles. The van der Waals surface area contributed by atoms with Gasteiger partial charge < -0.3 is 10.6 Å². The van der Waals surface area contributed by atoms with Gasteiger partial charge in [-0.2, -0.15) is 0 Å². The maximum absolute atomic E-state index is 13.7. The topological polar surface area (TPSA) is 53.1 Å². The molecule has 0 spiro atoms. The summed E-state index contributed by atoms with van der Waals surface area (Å²) in [6.07, 6.45) is 5.08. The van der Waals surface area contributed by atoms with Crippen LogP contribution in [-0.2, 0) is 0 Å². The lowest BCUT2D eigenvalue weighted by atomic mass is 10.1. The van der Waals surface area contributed by atoms with Gasteiger partial charge in [0.2, 0.25) is 0 Å². The van der Waals surface area contributed by atoms with E-state index in [9.17, 15) is 4.39 Å². The summed E-state index contributed by atoms with van der Waals surface area (Å²) in [6.45, 7) is 0.906. The zero-order chi connectivity index (χ0) is 13.1. The van der Waals surface area contributed by atoms with Gasteiger partial charge in [0.15, 0.2) is 0 Å². The maximum Gasteiger partial charge on any atom is 0.136 e. The van der Waals surface area contributed by atoms with E-state index in [0.29, 0.717) is 5.92 Å². The molecule has 1 aliphatic rings. The van der Waals surface area contributed by atoms with Crippen LogP contribution >= 0.6 is 0 Å². The molecule has 0 atom stereocenters. The van der Waals surface area contributed by atoms with E-state index in [1.165, 1.54) is 31.7 Å². The normalized spacial score (nSPS) is 15.9. The van der Waals surface area contributed by atoms with E-state index < -0.39 is 5.82 Å². The first-order chi connectivity index (χ1) is 8.59. The van der Waals surface area contributed by atoms with E-state index in [-0.39, 0.29) is 11.4 Å². The third-order valence-electron chi connectivity index (χ3n) is 3.68. The van der Waals surface area contributed by atoms with E-state index in [2.05, 4.69) is 0 Å². The number of hydrogen-bond acceptors (Lipinski definition) is 2. The molecule has 0 radical (unpaired) electrons. The van der Waals surface area contributed by atoms with Crippen molar-refractivity contribution in [1.82, 2.24) is 0 Å². The predicted molar refractivity (Wildman–Crippen MR) is 72.6 cm³/mol. The first-order valence-electron chi connectivity index (χ1n) is 6.43. The van der Waals surface area contributed by atoms with Crippen molar-refractivity contribution in [3.05, 3.63) is 29.6 Å². The van der Waals surface area contributed by atoms with Gasteiger partial charge in [-0.15, -0.1) is 0 Å². The van der Waals surface area contributed by atoms with Gasteiger partial charge in [-0.25, -0.2) is 4.39 Å². The van der Waals surface area contributed by atoms with Crippen LogP contribution in [0.4, 0.5) is 10.1 Å². The second kappa shape index (κ2) is 5.38. The monoisotopic (exact) mass is 249 g/mol. The Morgan fingerprint density at radius 3 is 2.72 bits per heavy atom. The van der Waals surface area contributed by atoms with Crippen LogP contribution in [0.15, 0.2) is 18.2 Å². The molecule has 1 fully saturated rings. The lowest BCUT2D eigenvalue weighted by molar-refractivity contribution is 0.545. The van der Waals surface area contributed by atoms with Crippen molar-refractivity contribution in [3.8, 4) is 0 Å². The summed E-state index contributed by atoms with van der Waals surface area (Å²) < 4.78 is 13.7. The predicted octanol–water partition coefficient (Wildman–Crippen LogP) is 2.74. The summed E-state index contributed by atoms with van der Waals surface area (Å²) in [7, 11) is 1.94. The van der Waals surface area contributed by atoms with Gasteiger partial charge in [0.25, 0.3) is 0 Å². The van der Waals surface area contributed by atoms with Crippen molar-refractivity contribution in [3.63, 3.8) is 0 Å². The highest BCUT2D eigenvalue weighted by atomic mass is 19.1. The zero-order valence-corrected chi connectivity index (χ0v) is 10.7. The summed E-state index contributed by atoms with van der Waals surface area (Å²) in [4.78, 5) is 2.02. The van der Waals surface area contributed by atoms with Crippen LogP contribution in [0.1, 0.15) is 31.2 Å². The van der Waals surface area contributed by atoms with E-state index in [4.69, 9.17) is 11.1 Å². The van der Waals surface area contributed by atoms with Crippen molar-refractivity contribution < 1.29 is 4.39 Å². The molecule has 1 aromatic carbocycles. The molecule has 0 amide bonds. The van der Waals surface area contributed by atoms with Crippen LogP contribution in [0.2, 0.25) is 0 Å². The molecule has 0 bridgehead atoms. The van der Waals surface area contributed by atoms with Crippen molar-refractivity contribution in [2.24, 2.45) is 11.7 Å². The van der Waals surface area contributed by atoms with Gasteiger partial charge in [-0.3, -0.25) is 5.41 Å². The first-order valence-corrected chi connectivity index (χ1v) is 6.43. The third kappa shape index (κ3) is 2.63. The molecular weight excluding hydrogens is 229 g/mol. The second-order valence-corrected chi connectivity index (χ2v) is 5.08. The van der Waals surface area contributed by atoms with Gasteiger partial charge in [-0.1, -0.05) is 18.9 Å². The lowest BCUT2D eigenvalue weighted by Crippen LogP contribution is -2.27. The molecule has 0 aromatic heterocycles. The Labute approximate surface area is 107 Å². The van der Waals surface area contributed by atoms with E-state index in [0.717, 1.165) is 12.2 Å². The number of nitrogen functional groups attached to an aromatic ring is 1. The molecule has 2 rings (SSSR count). The summed E-state index contributed by atoms with van der Waals surface area (Å²) in [5, 5.41) is 7.51. The molecule has 1 aromatic rings. The fraction of sp³-hybridized carbons (Fsp3) is 0.500. The molecular formula is C14H20FN3. The molecule has 3 N–H and O–H groups in total. The number of nitrogens with zero attached hydrogens (tertiary/aromatic N) is 1. The number of nitrogens with one attached hydrogen (secondary N) is 1. The van der Waals surface area contributed by atoms with Crippen LogP contribution in [0.25, 0.3) is 0 Å². The number of amidine groups is 1. The van der Waals surface area contributed by atoms with Crippen molar-refractivity contribution in [2.75, 3.05) is 18.5 Å².